The van der Waals surface area contributed by atoms with Crippen molar-refractivity contribution in [3.8, 4) is 5.69 Å². The first kappa shape index (κ1) is 11.1. The van der Waals surface area contributed by atoms with E-state index in [0.717, 1.165) is 5.69 Å². The summed E-state index contributed by atoms with van der Waals surface area (Å²) in [6.45, 7) is 6.51. The van der Waals surface area contributed by atoms with Crippen LogP contribution in [0.2, 0.25) is 5.28 Å². The molecule has 0 amide bonds. The molecule has 0 fully saturated rings. The van der Waals surface area contributed by atoms with Gasteiger partial charge in [-0.25, -0.2) is 0 Å². The number of hydrogen-bond donors (Lipinski definition) is 0. The van der Waals surface area contributed by atoms with Crippen LogP contribution >= 0.6 is 11.6 Å². The van der Waals surface area contributed by atoms with E-state index in [4.69, 9.17) is 11.6 Å². The van der Waals surface area contributed by atoms with Gasteiger partial charge in [0.2, 0.25) is 5.28 Å². The van der Waals surface area contributed by atoms with E-state index >= 15 is 0 Å². The van der Waals surface area contributed by atoms with Crippen molar-refractivity contribution in [1.29, 1.82) is 0 Å². The van der Waals surface area contributed by atoms with Crippen molar-refractivity contribution < 1.29 is 0 Å². The Morgan fingerprint density at radius 3 is 2.44 bits per heavy atom. The Morgan fingerprint density at radius 1 is 1.19 bits per heavy atom. The van der Waals surface area contributed by atoms with Crippen LogP contribution in [0.1, 0.15) is 26.3 Å². The molecule has 0 aliphatic carbocycles. The van der Waals surface area contributed by atoms with Gasteiger partial charge in [0.05, 0.1) is 5.69 Å². The topological polar surface area (TPSA) is 30.7 Å². The minimum atomic E-state index is 0.0597. The molecule has 2 rings (SSSR count). The van der Waals surface area contributed by atoms with E-state index in [1.165, 1.54) is 5.56 Å². The van der Waals surface area contributed by atoms with Gasteiger partial charge in [-0.2, -0.15) is 0 Å². The second-order valence-electron chi connectivity index (χ2n) is 4.74. The molecule has 0 spiro atoms. The molecule has 84 valence electrons. The van der Waals surface area contributed by atoms with E-state index < -0.39 is 0 Å². The number of benzene rings is 1. The van der Waals surface area contributed by atoms with Gasteiger partial charge in [-0.3, -0.25) is 4.57 Å². The zero-order chi connectivity index (χ0) is 11.8. The van der Waals surface area contributed by atoms with Crippen molar-refractivity contribution in [1.82, 2.24) is 14.8 Å². The van der Waals surface area contributed by atoms with Gasteiger partial charge in [0, 0.05) is 0 Å². The third-order valence-corrected chi connectivity index (χ3v) is 2.74. The molecule has 2 aromatic rings. The first-order chi connectivity index (χ1) is 7.50. The molecule has 0 unspecified atom stereocenters. The average molecular weight is 236 g/mol. The van der Waals surface area contributed by atoms with Gasteiger partial charge in [-0.05, 0) is 28.6 Å². The van der Waals surface area contributed by atoms with Gasteiger partial charge >= 0.3 is 0 Å². The number of para-hydroxylation sites is 1. The van der Waals surface area contributed by atoms with Crippen LogP contribution in [0.5, 0.6) is 0 Å². The molecule has 0 saturated carbocycles. The number of nitrogens with zero attached hydrogens (tertiary/aromatic N) is 3. The van der Waals surface area contributed by atoms with Crippen LogP contribution in [0.25, 0.3) is 5.69 Å². The number of halogens is 1. The van der Waals surface area contributed by atoms with Gasteiger partial charge in [0.25, 0.3) is 0 Å². The first-order valence-electron chi connectivity index (χ1n) is 5.15. The predicted molar refractivity (Wildman–Crippen MR) is 65.1 cm³/mol. The Bertz CT molecular complexity index is 497. The fourth-order valence-corrected chi connectivity index (χ4v) is 1.88. The molecule has 0 saturated heterocycles. The van der Waals surface area contributed by atoms with Crippen LogP contribution in [0.3, 0.4) is 0 Å². The van der Waals surface area contributed by atoms with Crippen LogP contribution in [0, 0.1) is 0 Å². The standard InChI is InChI=1S/C12H14ClN3/c1-12(2,3)9-6-4-5-7-10(9)16-8-14-15-11(16)13/h4-8H,1-3H3. The van der Waals surface area contributed by atoms with E-state index in [1.54, 1.807) is 10.9 Å². The van der Waals surface area contributed by atoms with Gasteiger partial charge in [0.15, 0.2) is 0 Å². The van der Waals surface area contributed by atoms with Crippen molar-refractivity contribution in [3.05, 3.63) is 41.4 Å². The summed E-state index contributed by atoms with van der Waals surface area (Å²) in [5.41, 5.74) is 2.31. The van der Waals surface area contributed by atoms with Crippen LogP contribution < -0.4 is 0 Å². The van der Waals surface area contributed by atoms with Gasteiger partial charge in [-0.1, -0.05) is 39.0 Å². The SMILES string of the molecule is CC(C)(C)c1ccccc1-n1cnnc1Cl. The Hall–Kier alpha value is -1.35. The van der Waals surface area contributed by atoms with Gasteiger partial charge in [-0.15, -0.1) is 10.2 Å². The van der Waals surface area contributed by atoms with E-state index in [1.807, 2.05) is 18.2 Å². The fourth-order valence-electron chi connectivity index (χ4n) is 1.70. The third kappa shape index (κ3) is 1.95. The van der Waals surface area contributed by atoms with Crippen molar-refractivity contribution in [3.63, 3.8) is 0 Å². The zero-order valence-electron chi connectivity index (χ0n) is 9.61. The van der Waals surface area contributed by atoms with Crippen LogP contribution in [-0.2, 0) is 5.41 Å². The fraction of sp³-hybridized carbons (Fsp3) is 0.333. The molecule has 4 heteroatoms. The molecule has 0 radical (unpaired) electrons. The maximum absolute atomic E-state index is 5.99. The molecule has 0 N–H and O–H groups in total. The number of aromatic nitrogens is 3. The summed E-state index contributed by atoms with van der Waals surface area (Å²) in [5.74, 6) is 0. The molecular weight excluding hydrogens is 222 g/mol. The lowest BCUT2D eigenvalue weighted by atomic mass is 9.86. The monoisotopic (exact) mass is 235 g/mol. The van der Waals surface area contributed by atoms with Crippen LogP contribution in [-0.4, -0.2) is 14.8 Å². The molecule has 1 heterocycles. The van der Waals surface area contributed by atoms with Crippen LogP contribution in [0.4, 0.5) is 0 Å². The summed E-state index contributed by atoms with van der Waals surface area (Å²) in [5, 5.41) is 7.98. The maximum Gasteiger partial charge on any atom is 0.229 e. The quantitative estimate of drug-likeness (QED) is 0.760. The highest BCUT2D eigenvalue weighted by molar-refractivity contribution is 6.28. The second kappa shape index (κ2) is 3.91. The summed E-state index contributed by atoms with van der Waals surface area (Å²) in [6.07, 6.45) is 1.63. The average Bonchev–Trinajstić information content (AvgIpc) is 2.63. The molecule has 1 aromatic carbocycles. The normalized spacial score (nSPS) is 11.8. The maximum atomic E-state index is 5.99. The van der Waals surface area contributed by atoms with E-state index in [-0.39, 0.29) is 5.41 Å². The summed E-state index contributed by atoms with van der Waals surface area (Å²) in [4.78, 5) is 0. The van der Waals surface area contributed by atoms with Crippen molar-refractivity contribution >= 4 is 11.6 Å². The van der Waals surface area contributed by atoms with Crippen molar-refractivity contribution in [2.24, 2.45) is 0 Å². The molecule has 3 nitrogen and oxygen atoms in total. The summed E-state index contributed by atoms with van der Waals surface area (Å²) in [7, 11) is 0. The summed E-state index contributed by atoms with van der Waals surface area (Å²) < 4.78 is 1.79. The summed E-state index contributed by atoms with van der Waals surface area (Å²) in [6, 6.07) is 8.14. The molecule has 0 bridgehead atoms. The van der Waals surface area contributed by atoms with E-state index in [0.29, 0.717) is 5.28 Å². The summed E-state index contributed by atoms with van der Waals surface area (Å²) >= 11 is 5.99. The van der Waals surface area contributed by atoms with Gasteiger partial charge in [0.1, 0.15) is 6.33 Å². The Morgan fingerprint density at radius 2 is 1.88 bits per heavy atom. The second-order valence-corrected chi connectivity index (χ2v) is 5.08. The molecule has 16 heavy (non-hydrogen) atoms. The van der Waals surface area contributed by atoms with Crippen molar-refractivity contribution in [2.45, 2.75) is 26.2 Å². The zero-order valence-corrected chi connectivity index (χ0v) is 10.4. The molecule has 0 aliphatic rings. The molecular formula is C12H14ClN3. The lowest BCUT2D eigenvalue weighted by Crippen LogP contribution is -2.14. The van der Waals surface area contributed by atoms with E-state index in [9.17, 15) is 0 Å². The number of rotatable bonds is 1. The lowest BCUT2D eigenvalue weighted by molar-refractivity contribution is 0.586. The number of hydrogen-bond acceptors (Lipinski definition) is 2. The Labute approximate surface area is 100 Å². The highest BCUT2D eigenvalue weighted by Crippen LogP contribution is 2.29. The molecule has 1 aromatic heterocycles. The van der Waals surface area contributed by atoms with Crippen LogP contribution in [0.15, 0.2) is 30.6 Å². The Balaban J connectivity index is 2.62. The predicted octanol–water partition coefficient (Wildman–Crippen LogP) is 3.22. The molecule has 0 atom stereocenters. The lowest BCUT2D eigenvalue weighted by Gasteiger charge is -2.22. The highest BCUT2D eigenvalue weighted by Gasteiger charge is 2.19. The molecule has 0 aliphatic heterocycles. The van der Waals surface area contributed by atoms with E-state index in [2.05, 4.69) is 37.0 Å². The van der Waals surface area contributed by atoms with Crippen molar-refractivity contribution in [2.75, 3.05) is 0 Å². The van der Waals surface area contributed by atoms with Gasteiger partial charge < -0.3 is 0 Å². The minimum Gasteiger partial charge on any atom is -0.272 e. The minimum absolute atomic E-state index is 0.0597. The first-order valence-corrected chi connectivity index (χ1v) is 5.53. The highest BCUT2D eigenvalue weighted by atomic mass is 35.5. The smallest absolute Gasteiger partial charge is 0.229 e. The Kier molecular flexibility index (Phi) is 2.72. The third-order valence-electron chi connectivity index (χ3n) is 2.48. The largest absolute Gasteiger partial charge is 0.272 e.